The third kappa shape index (κ3) is 3.77. The molecule has 0 aliphatic carbocycles. The highest BCUT2D eigenvalue weighted by atomic mass is 35.5. The number of hydrogen-bond donors (Lipinski definition) is 1. The molecular weight excluding hydrogens is 305 g/mol. The van der Waals surface area contributed by atoms with Gasteiger partial charge in [-0.15, -0.1) is 0 Å². The summed E-state index contributed by atoms with van der Waals surface area (Å²) in [5, 5.41) is 1.52. The maximum Gasteiger partial charge on any atom is 0.146 e. The molecule has 0 spiro atoms. The van der Waals surface area contributed by atoms with Crippen LogP contribution < -0.4 is 10.5 Å². The number of nitrogens with two attached hydrogens (primary N) is 1. The van der Waals surface area contributed by atoms with E-state index in [4.69, 9.17) is 45.3 Å². The van der Waals surface area contributed by atoms with Crippen LogP contribution in [-0.2, 0) is 6.42 Å². The van der Waals surface area contributed by atoms with Gasteiger partial charge in [0.2, 0.25) is 0 Å². The number of benzene rings is 2. The second-order valence-corrected chi connectivity index (χ2v) is 5.23. The van der Waals surface area contributed by atoms with Crippen LogP contribution in [-0.4, -0.2) is 6.54 Å². The van der Waals surface area contributed by atoms with E-state index in [9.17, 15) is 0 Å². The molecule has 0 aromatic heterocycles. The first-order valence-electron chi connectivity index (χ1n) is 5.71. The minimum absolute atomic E-state index is 0.439. The maximum atomic E-state index is 6.16. The predicted octanol–water partition coefficient (Wildman–Crippen LogP) is 4.94. The Labute approximate surface area is 127 Å². The summed E-state index contributed by atoms with van der Waals surface area (Å²) in [5.41, 5.74) is 6.57. The Morgan fingerprint density at radius 1 is 0.895 bits per heavy atom. The Hall–Kier alpha value is -0.930. The minimum atomic E-state index is 0.439. The van der Waals surface area contributed by atoms with Crippen LogP contribution >= 0.6 is 34.8 Å². The summed E-state index contributed by atoms with van der Waals surface area (Å²) >= 11 is 18.0. The first kappa shape index (κ1) is 14.5. The van der Waals surface area contributed by atoms with Crippen molar-refractivity contribution in [1.82, 2.24) is 0 Å². The van der Waals surface area contributed by atoms with E-state index < -0.39 is 0 Å². The summed E-state index contributed by atoms with van der Waals surface area (Å²) in [4.78, 5) is 0. The van der Waals surface area contributed by atoms with Crippen molar-refractivity contribution >= 4 is 34.8 Å². The fourth-order valence-corrected chi connectivity index (χ4v) is 2.31. The number of rotatable bonds is 4. The molecule has 0 fully saturated rings. The molecule has 0 aliphatic rings. The fourth-order valence-electron chi connectivity index (χ4n) is 1.63. The predicted molar refractivity (Wildman–Crippen MR) is 80.7 cm³/mol. The Morgan fingerprint density at radius 3 is 2.11 bits per heavy atom. The monoisotopic (exact) mass is 315 g/mol. The highest BCUT2D eigenvalue weighted by Crippen LogP contribution is 2.35. The van der Waals surface area contributed by atoms with E-state index in [0.29, 0.717) is 33.1 Å². The summed E-state index contributed by atoms with van der Waals surface area (Å²) in [6.07, 6.45) is 0.779. The quantitative estimate of drug-likeness (QED) is 0.867. The lowest BCUT2D eigenvalue weighted by molar-refractivity contribution is 0.483. The van der Waals surface area contributed by atoms with Crippen LogP contribution in [0.1, 0.15) is 5.56 Å². The number of ether oxygens (including phenoxy) is 1. The van der Waals surface area contributed by atoms with Gasteiger partial charge in [-0.25, -0.2) is 0 Å². The van der Waals surface area contributed by atoms with Crippen molar-refractivity contribution in [1.29, 1.82) is 0 Å². The van der Waals surface area contributed by atoms with Crippen molar-refractivity contribution in [3.63, 3.8) is 0 Å². The van der Waals surface area contributed by atoms with Gasteiger partial charge in [-0.3, -0.25) is 0 Å². The molecule has 5 heteroatoms. The van der Waals surface area contributed by atoms with E-state index in [1.54, 1.807) is 24.3 Å². The standard InChI is InChI=1S/C14H12Cl3NO/c15-10-2-4-14(12(17)8-10)19-13-3-1-9(5-6-18)7-11(13)16/h1-4,7-8H,5-6,18H2. The van der Waals surface area contributed by atoms with Gasteiger partial charge in [-0.05, 0) is 48.9 Å². The van der Waals surface area contributed by atoms with Gasteiger partial charge in [0.25, 0.3) is 0 Å². The molecule has 0 saturated carbocycles. The van der Waals surface area contributed by atoms with E-state index in [-0.39, 0.29) is 0 Å². The van der Waals surface area contributed by atoms with Gasteiger partial charge in [-0.1, -0.05) is 40.9 Å². The van der Waals surface area contributed by atoms with Crippen molar-refractivity contribution in [3.8, 4) is 11.5 Å². The highest BCUT2D eigenvalue weighted by molar-refractivity contribution is 6.35. The molecule has 0 radical (unpaired) electrons. The van der Waals surface area contributed by atoms with Crippen molar-refractivity contribution in [2.24, 2.45) is 5.73 Å². The molecule has 2 aromatic carbocycles. The molecule has 0 amide bonds. The zero-order valence-electron chi connectivity index (χ0n) is 10.00. The Morgan fingerprint density at radius 2 is 1.53 bits per heavy atom. The molecule has 0 bridgehead atoms. The van der Waals surface area contributed by atoms with Gasteiger partial charge >= 0.3 is 0 Å². The average Bonchev–Trinajstić information content (AvgIpc) is 2.36. The van der Waals surface area contributed by atoms with Crippen molar-refractivity contribution in [2.45, 2.75) is 6.42 Å². The summed E-state index contributed by atoms with van der Waals surface area (Å²) in [6, 6.07) is 10.6. The Bertz CT molecular complexity index is 587. The molecule has 2 N–H and O–H groups in total. The molecule has 0 atom stereocenters. The van der Waals surface area contributed by atoms with E-state index >= 15 is 0 Å². The van der Waals surface area contributed by atoms with Crippen LogP contribution in [0, 0.1) is 0 Å². The van der Waals surface area contributed by atoms with Gasteiger partial charge in [0.15, 0.2) is 0 Å². The van der Waals surface area contributed by atoms with Gasteiger partial charge in [0.05, 0.1) is 10.0 Å². The lowest BCUT2D eigenvalue weighted by Crippen LogP contribution is -2.02. The lowest BCUT2D eigenvalue weighted by atomic mass is 10.1. The van der Waals surface area contributed by atoms with Gasteiger partial charge in [0.1, 0.15) is 11.5 Å². The zero-order chi connectivity index (χ0) is 13.8. The number of halogens is 3. The topological polar surface area (TPSA) is 35.2 Å². The molecule has 0 aliphatic heterocycles. The maximum absolute atomic E-state index is 6.16. The Balaban J connectivity index is 2.23. The SMILES string of the molecule is NCCc1ccc(Oc2ccc(Cl)cc2Cl)c(Cl)c1. The molecule has 2 nitrogen and oxygen atoms in total. The van der Waals surface area contributed by atoms with E-state index in [1.807, 2.05) is 12.1 Å². The van der Waals surface area contributed by atoms with Crippen LogP contribution in [0.3, 0.4) is 0 Å². The van der Waals surface area contributed by atoms with Crippen LogP contribution in [0.2, 0.25) is 15.1 Å². The first-order valence-corrected chi connectivity index (χ1v) is 6.85. The summed E-state index contributed by atoms with van der Waals surface area (Å²) in [6.45, 7) is 0.583. The summed E-state index contributed by atoms with van der Waals surface area (Å²) in [7, 11) is 0. The van der Waals surface area contributed by atoms with Crippen molar-refractivity contribution < 1.29 is 4.74 Å². The summed E-state index contributed by atoms with van der Waals surface area (Å²) < 4.78 is 5.67. The highest BCUT2D eigenvalue weighted by Gasteiger charge is 2.08. The van der Waals surface area contributed by atoms with Crippen LogP contribution in [0.15, 0.2) is 36.4 Å². The van der Waals surface area contributed by atoms with Gasteiger partial charge in [0, 0.05) is 5.02 Å². The third-order valence-electron chi connectivity index (χ3n) is 2.54. The molecule has 0 unspecified atom stereocenters. The second-order valence-electron chi connectivity index (χ2n) is 3.98. The molecule has 2 rings (SSSR count). The molecule has 2 aromatic rings. The fraction of sp³-hybridized carbons (Fsp3) is 0.143. The normalized spacial score (nSPS) is 10.5. The minimum Gasteiger partial charge on any atom is -0.454 e. The zero-order valence-corrected chi connectivity index (χ0v) is 12.3. The molecule has 0 saturated heterocycles. The lowest BCUT2D eigenvalue weighted by Gasteiger charge is -2.10. The van der Waals surface area contributed by atoms with Gasteiger partial charge < -0.3 is 10.5 Å². The summed E-state index contributed by atoms with van der Waals surface area (Å²) in [5.74, 6) is 1.06. The number of hydrogen-bond acceptors (Lipinski definition) is 2. The second kappa shape index (κ2) is 6.49. The van der Waals surface area contributed by atoms with Gasteiger partial charge in [-0.2, -0.15) is 0 Å². The van der Waals surface area contributed by atoms with Crippen molar-refractivity contribution in [3.05, 3.63) is 57.0 Å². The molecule has 0 heterocycles. The third-order valence-corrected chi connectivity index (χ3v) is 3.37. The largest absolute Gasteiger partial charge is 0.454 e. The first-order chi connectivity index (χ1) is 9.10. The average molecular weight is 317 g/mol. The van der Waals surface area contributed by atoms with E-state index in [1.165, 1.54) is 0 Å². The smallest absolute Gasteiger partial charge is 0.146 e. The van der Waals surface area contributed by atoms with Crippen LogP contribution in [0.5, 0.6) is 11.5 Å². The van der Waals surface area contributed by atoms with E-state index in [0.717, 1.165) is 12.0 Å². The molecular formula is C14H12Cl3NO. The van der Waals surface area contributed by atoms with Crippen molar-refractivity contribution in [2.75, 3.05) is 6.54 Å². The Kier molecular flexibility index (Phi) is 4.94. The molecule has 19 heavy (non-hydrogen) atoms. The molecule has 100 valence electrons. The van der Waals surface area contributed by atoms with Crippen LogP contribution in [0.4, 0.5) is 0 Å². The van der Waals surface area contributed by atoms with E-state index in [2.05, 4.69) is 0 Å². The van der Waals surface area contributed by atoms with Crippen LogP contribution in [0.25, 0.3) is 0 Å².